The Bertz CT molecular complexity index is 763. The molecule has 0 aliphatic heterocycles. The van der Waals surface area contributed by atoms with Gasteiger partial charge in [-0.05, 0) is 52.7 Å². The van der Waals surface area contributed by atoms with Gasteiger partial charge in [0.05, 0.1) is 15.8 Å². The van der Waals surface area contributed by atoms with Gasteiger partial charge in [-0.1, -0.05) is 12.1 Å². The molecule has 0 aliphatic rings. The second kappa shape index (κ2) is 5.41. The van der Waals surface area contributed by atoms with Crippen LogP contribution in [0.25, 0.3) is 0 Å². The minimum absolute atomic E-state index is 0.0140. The van der Waals surface area contributed by atoms with E-state index in [0.717, 1.165) is 0 Å². The Labute approximate surface area is 125 Å². The Balaban J connectivity index is 2.44. The van der Waals surface area contributed by atoms with Gasteiger partial charge in [0.15, 0.2) is 0 Å². The summed E-state index contributed by atoms with van der Waals surface area (Å²) in [6.45, 7) is 1.61. The van der Waals surface area contributed by atoms with E-state index in [1.807, 2.05) is 0 Å². The first kappa shape index (κ1) is 14.8. The third kappa shape index (κ3) is 2.94. The van der Waals surface area contributed by atoms with Crippen LogP contribution in [0.2, 0.25) is 0 Å². The van der Waals surface area contributed by atoms with Gasteiger partial charge in [0.25, 0.3) is 10.0 Å². The molecule has 20 heavy (non-hydrogen) atoms. The SMILES string of the molecule is Cc1cc(F)c(Br)cc1NS(=O)(=O)c1ccccc1N. The maximum Gasteiger partial charge on any atom is 0.263 e. The highest BCUT2D eigenvalue weighted by Gasteiger charge is 2.18. The molecular formula is C13H12BrFN2O2S. The largest absolute Gasteiger partial charge is 0.398 e. The number of nitrogens with two attached hydrogens (primary N) is 1. The molecule has 2 aromatic rings. The van der Waals surface area contributed by atoms with E-state index in [1.54, 1.807) is 19.1 Å². The van der Waals surface area contributed by atoms with E-state index in [9.17, 15) is 12.8 Å². The van der Waals surface area contributed by atoms with E-state index in [2.05, 4.69) is 20.7 Å². The van der Waals surface area contributed by atoms with E-state index in [-0.39, 0.29) is 15.1 Å². The third-order valence-corrected chi connectivity index (χ3v) is 4.77. The van der Waals surface area contributed by atoms with Crippen molar-refractivity contribution < 1.29 is 12.8 Å². The smallest absolute Gasteiger partial charge is 0.263 e. The van der Waals surface area contributed by atoms with Gasteiger partial charge in [0.2, 0.25) is 0 Å². The number of nitrogens with one attached hydrogen (secondary N) is 1. The van der Waals surface area contributed by atoms with Crippen molar-refractivity contribution in [2.75, 3.05) is 10.5 Å². The molecule has 0 spiro atoms. The molecule has 0 amide bonds. The molecular weight excluding hydrogens is 347 g/mol. The summed E-state index contributed by atoms with van der Waals surface area (Å²) in [6, 6.07) is 8.76. The number of benzene rings is 2. The Morgan fingerprint density at radius 1 is 1.25 bits per heavy atom. The summed E-state index contributed by atoms with van der Waals surface area (Å²) >= 11 is 3.02. The minimum atomic E-state index is -3.81. The lowest BCUT2D eigenvalue weighted by molar-refractivity contribution is 0.601. The minimum Gasteiger partial charge on any atom is -0.398 e. The number of rotatable bonds is 3. The Morgan fingerprint density at radius 3 is 2.55 bits per heavy atom. The first-order valence-corrected chi connectivity index (χ1v) is 7.92. The highest BCUT2D eigenvalue weighted by atomic mass is 79.9. The molecule has 106 valence electrons. The topological polar surface area (TPSA) is 72.2 Å². The van der Waals surface area contributed by atoms with Crippen LogP contribution in [-0.4, -0.2) is 8.42 Å². The highest BCUT2D eigenvalue weighted by Crippen LogP contribution is 2.27. The van der Waals surface area contributed by atoms with Crippen LogP contribution in [-0.2, 0) is 10.0 Å². The second-order valence-corrected chi connectivity index (χ2v) is 6.73. The average molecular weight is 359 g/mol. The van der Waals surface area contributed by atoms with E-state index in [0.29, 0.717) is 11.3 Å². The summed E-state index contributed by atoms with van der Waals surface area (Å²) < 4.78 is 40.5. The molecule has 0 atom stereocenters. The number of hydrogen-bond acceptors (Lipinski definition) is 3. The van der Waals surface area contributed by atoms with Gasteiger partial charge < -0.3 is 5.73 Å². The predicted molar refractivity (Wildman–Crippen MR) is 80.5 cm³/mol. The van der Waals surface area contributed by atoms with E-state index in [4.69, 9.17) is 5.73 Å². The lowest BCUT2D eigenvalue weighted by atomic mass is 10.2. The molecule has 0 saturated heterocycles. The van der Waals surface area contributed by atoms with Crippen LogP contribution >= 0.6 is 15.9 Å². The number of sulfonamides is 1. The number of aryl methyl sites for hydroxylation is 1. The van der Waals surface area contributed by atoms with Crippen molar-refractivity contribution in [2.45, 2.75) is 11.8 Å². The zero-order valence-corrected chi connectivity index (χ0v) is 12.9. The molecule has 0 aliphatic carbocycles. The molecule has 0 saturated carbocycles. The number of nitrogen functional groups attached to an aromatic ring is 1. The van der Waals surface area contributed by atoms with Gasteiger partial charge in [-0.2, -0.15) is 0 Å². The van der Waals surface area contributed by atoms with E-state index < -0.39 is 15.8 Å². The predicted octanol–water partition coefficient (Wildman–Crippen LogP) is 3.28. The molecule has 0 aromatic heterocycles. The fraction of sp³-hybridized carbons (Fsp3) is 0.0769. The number of para-hydroxylation sites is 1. The molecule has 3 N–H and O–H groups in total. The number of anilines is 2. The van der Waals surface area contributed by atoms with Crippen molar-refractivity contribution in [2.24, 2.45) is 0 Å². The van der Waals surface area contributed by atoms with Gasteiger partial charge in [-0.25, -0.2) is 12.8 Å². The standard InChI is InChI=1S/C13H12BrFN2O2S/c1-8-6-10(15)9(14)7-12(8)17-20(18,19)13-5-3-2-4-11(13)16/h2-7,17H,16H2,1H3. The number of hydrogen-bond donors (Lipinski definition) is 2. The van der Waals surface area contributed by atoms with Crippen molar-refractivity contribution in [3.05, 3.63) is 52.3 Å². The summed E-state index contributed by atoms with van der Waals surface area (Å²) in [5.74, 6) is -0.454. The highest BCUT2D eigenvalue weighted by molar-refractivity contribution is 9.10. The van der Waals surface area contributed by atoms with Crippen LogP contribution in [0.1, 0.15) is 5.56 Å². The number of halogens is 2. The fourth-order valence-electron chi connectivity index (χ4n) is 1.68. The van der Waals surface area contributed by atoms with Crippen LogP contribution in [0.4, 0.5) is 15.8 Å². The third-order valence-electron chi connectivity index (χ3n) is 2.72. The van der Waals surface area contributed by atoms with Crippen molar-refractivity contribution in [3.63, 3.8) is 0 Å². The zero-order chi connectivity index (χ0) is 14.9. The summed E-state index contributed by atoms with van der Waals surface area (Å²) in [4.78, 5) is -0.0140. The van der Waals surface area contributed by atoms with Gasteiger partial charge in [-0.3, -0.25) is 4.72 Å². The molecule has 7 heteroatoms. The van der Waals surface area contributed by atoms with Gasteiger partial charge in [0, 0.05) is 0 Å². The Morgan fingerprint density at radius 2 is 1.90 bits per heavy atom. The molecule has 0 radical (unpaired) electrons. The molecule has 0 unspecified atom stereocenters. The van der Waals surface area contributed by atoms with Crippen molar-refractivity contribution >= 4 is 37.3 Å². The Hall–Kier alpha value is -1.60. The Kier molecular flexibility index (Phi) is 4.01. The van der Waals surface area contributed by atoms with Crippen molar-refractivity contribution in [3.8, 4) is 0 Å². The normalized spacial score (nSPS) is 11.3. The van der Waals surface area contributed by atoms with Gasteiger partial charge >= 0.3 is 0 Å². The van der Waals surface area contributed by atoms with Crippen LogP contribution < -0.4 is 10.5 Å². The first-order valence-electron chi connectivity index (χ1n) is 5.64. The molecule has 0 bridgehead atoms. The van der Waals surface area contributed by atoms with Gasteiger partial charge in [-0.15, -0.1) is 0 Å². The van der Waals surface area contributed by atoms with Crippen molar-refractivity contribution in [1.82, 2.24) is 0 Å². The zero-order valence-electron chi connectivity index (χ0n) is 10.5. The lowest BCUT2D eigenvalue weighted by Crippen LogP contribution is -2.15. The summed E-state index contributed by atoms with van der Waals surface area (Å²) in [6.07, 6.45) is 0. The second-order valence-electron chi connectivity index (χ2n) is 4.22. The molecule has 2 aromatic carbocycles. The first-order chi connectivity index (χ1) is 9.31. The van der Waals surface area contributed by atoms with E-state index >= 15 is 0 Å². The van der Waals surface area contributed by atoms with E-state index in [1.165, 1.54) is 24.3 Å². The lowest BCUT2D eigenvalue weighted by Gasteiger charge is -2.12. The molecule has 0 heterocycles. The summed E-state index contributed by atoms with van der Waals surface area (Å²) in [5, 5.41) is 0. The maximum atomic E-state index is 13.3. The van der Waals surface area contributed by atoms with Gasteiger partial charge in [0.1, 0.15) is 10.7 Å². The van der Waals surface area contributed by atoms with Crippen LogP contribution in [0.5, 0.6) is 0 Å². The fourth-order valence-corrected chi connectivity index (χ4v) is 3.28. The van der Waals surface area contributed by atoms with Crippen LogP contribution in [0.15, 0.2) is 45.8 Å². The summed E-state index contributed by atoms with van der Waals surface area (Å²) in [5.41, 5.74) is 6.58. The molecule has 0 fully saturated rings. The average Bonchev–Trinajstić information content (AvgIpc) is 2.36. The molecule has 4 nitrogen and oxygen atoms in total. The molecule has 2 rings (SSSR count). The van der Waals surface area contributed by atoms with Crippen molar-refractivity contribution in [1.29, 1.82) is 0 Å². The monoisotopic (exact) mass is 358 g/mol. The van der Waals surface area contributed by atoms with Crippen LogP contribution in [0.3, 0.4) is 0 Å². The summed E-state index contributed by atoms with van der Waals surface area (Å²) in [7, 11) is -3.81. The maximum absolute atomic E-state index is 13.3. The quantitative estimate of drug-likeness (QED) is 0.827. The van der Waals surface area contributed by atoms with Crippen LogP contribution in [0, 0.1) is 12.7 Å².